The van der Waals surface area contributed by atoms with E-state index in [4.69, 9.17) is 5.73 Å². The molecule has 0 radical (unpaired) electrons. The highest BCUT2D eigenvalue weighted by molar-refractivity contribution is 7.89. The first kappa shape index (κ1) is 14.7. The Hall–Kier alpha value is -1.69. The summed E-state index contributed by atoms with van der Waals surface area (Å²) in [5, 5.41) is 0. The molecular weight excluding hydrogens is 272 g/mol. The Kier molecular flexibility index (Phi) is 4.54. The summed E-state index contributed by atoms with van der Waals surface area (Å²) in [6, 6.07) is 15.9. The third-order valence-corrected chi connectivity index (χ3v) is 4.44. The van der Waals surface area contributed by atoms with Crippen molar-refractivity contribution in [2.24, 2.45) is 5.73 Å². The number of nitrogens with one attached hydrogen (secondary N) is 1. The van der Waals surface area contributed by atoms with Crippen LogP contribution in [0.3, 0.4) is 0 Å². The number of nitrogens with two attached hydrogens (primary N) is 1. The first-order valence-corrected chi connectivity index (χ1v) is 7.86. The third-order valence-electron chi connectivity index (χ3n) is 3.03. The van der Waals surface area contributed by atoms with Crippen molar-refractivity contribution in [3.05, 3.63) is 65.7 Å². The van der Waals surface area contributed by atoms with Crippen LogP contribution in [0.5, 0.6) is 0 Å². The Bertz CT molecular complexity index is 650. The van der Waals surface area contributed by atoms with E-state index in [1.54, 1.807) is 24.3 Å². The fraction of sp³-hybridized carbons (Fsp3) is 0.200. The fourth-order valence-corrected chi connectivity index (χ4v) is 2.83. The lowest BCUT2D eigenvalue weighted by Gasteiger charge is -2.09. The molecule has 4 nitrogen and oxygen atoms in total. The van der Waals surface area contributed by atoms with E-state index >= 15 is 0 Å². The molecule has 0 aliphatic carbocycles. The molecule has 0 aromatic heterocycles. The highest BCUT2D eigenvalue weighted by atomic mass is 32.2. The summed E-state index contributed by atoms with van der Waals surface area (Å²) in [5.74, 6) is 0. The second-order valence-electron chi connectivity index (χ2n) is 4.67. The van der Waals surface area contributed by atoms with Crippen LogP contribution in [0.15, 0.2) is 59.5 Å². The zero-order valence-electron chi connectivity index (χ0n) is 11.3. The third kappa shape index (κ3) is 3.66. The molecule has 0 bridgehead atoms. The smallest absolute Gasteiger partial charge is 0.240 e. The first-order valence-electron chi connectivity index (χ1n) is 6.38. The SMILES string of the molecule is CC(N)c1ccc(S(=O)(=O)NCc2ccccc2)cc1. The van der Waals surface area contributed by atoms with Crippen molar-refractivity contribution >= 4 is 10.0 Å². The monoisotopic (exact) mass is 290 g/mol. The summed E-state index contributed by atoms with van der Waals surface area (Å²) in [6.07, 6.45) is 0. The van der Waals surface area contributed by atoms with Gasteiger partial charge < -0.3 is 5.73 Å². The van der Waals surface area contributed by atoms with Gasteiger partial charge in [0.25, 0.3) is 0 Å². The molecule has 0 heterocycles. The van der Waals surface area contributed by atoms with Crippen molar-refractivity contribution < 1.29 is 8.42 Å². The van der Waals surface area contributed by atoms with Crippen molar-refractivity contribution in [3.63, 3.8) is 0 Å². The van der Waals surface area contributed by atoms with Crippen LogP contribution >= 0.6 is 0 Å². The van der Waals surface area contributed by atoms with E-state index < -0.39 is 10.0 Å². The van der Waals surface area contributed by atoms with Crippen LogP contribution in [0, 0.1) is 0 Å². The average Bonchev–Trinajstić information content (AvgIpc) is 2.46. The number of benzene rings is 2. The predicted octanol–water partition coefficient (Wildman–Crippen LogP) is 2.18. The quantitative estimate of drug-likeness (QED) is 0.886. The fourth-order valence-electron chi connectivity index (χ4n) is 1.81. The Labute approximate surface area is 119 Å². The van der Waals surface area contributed by atoms with Crippen molar-refractivity contribution in [3.8, 4) is 0 Å². The average molecular weight is 290 g/mol. The predicted molar refractivity (Wildman–Crippen MR) is 79.5 cm³/mol. The van der Waals surface area contributed by atoms with E-state index in [1.165, 1.54) is 0 Å². The number of hydrogen-bond donors (Lipinski definition) is 2. The first-order chi connectivity index (χ1) is 9.49. The summed E-state index contributed by atoms with van der Waals surface area (Å²) in [7, 11) is -3.49. The minimum atomic E-state index is -3.49. The largest absolute Gasteiger partial charge is 0.324 e. The normalized spacial score (nSPS) is 13.1. The van der Waals surface area contributed by atoms with Gasteiger partial charge in [0.1, 0.15) is 0 Å². The molecule has 1 unspecified atom stereocenters. The summed E-state index contributed by atoms with van der Waals surface area (Å²) in [4.78, 5) is 0.248. The molecule has 0 fully saturated rings. The van der Waals surface area contributed by atoms with Crippen LogP contribution < -0.4 is 10.5 Å². The van der Waals surface area contributed by atoms with Gasteiger partial charge in [0.2, 0.25) is 10.0 Å². The van der Waals surface area contributed by atoms with Gasteiger partial charge in [-0.3, -0.25) is 0 Å². The molecule has 5 heteroatoms. The molecule has 0 saturated heterocycles. The molecule has 2 rings (SSSR count). The van der Waals surface area contributed by atoms with Crippen LogP contribution in [0.25, 0.3) is 0 Å². The van der Waals surface area contributed by atoms with Crippen LogP contribution in [-0.2, 0) is 16.6 Å². The second-order valence-corrected chi connectivity index (χ2v) is 6.43. The Morgan fingerprint density at radius 2 is 1.65 bits per heavy atom. The van der Waals surface area contributed by atoms with Gasteiger partial charge in [-0.25, -0.2) is 13.1 Å². The van der Waals surface area contributed by atoms with Gasteiger partial charge in [0.05, 0.1) is 4.90 Å². The Morgan fingerprint density at radius 3 is 2.20 bits per heavy atom. The second kappa shape index (κ2) is 6.17. The summed E-state index contributed by atoms with van der Waals surface area (Å²) in [6.45, 7) is 2.13. The van der Waals surface area contributed by atoms with E-state index in [-0.39, 0.29) is 17.5 Å². The maximum Gasteiger partial charge on any atom is 0.240 e. The van der Waals surface area contributed by atoms with Crippen LogP contribution in [0.2, 0.25) is 0 Å². The van der Waals surface area contributed by atoms with Crippen molar-refractivity contribution in [1.29, 1.82) is 0 Å². The van der Waals surface area contributed by atoms with Crippen molar-refractivity contribution in [1.82, 2.24) is 4.72 Å². The summed E-state index contributed by atoms with van der Waals surface area (Å²) < 4.78 is 26.9. The summed E-state index contributed by atoms with van der Waals surface area (Å²) in [5.41, 5.74) is 7.57. The van der Waals surface area contributed by atoms with Gasteiger partial charge in [-0.2, -0.15) is 0 Å². The molecule has 0 spiro atoms. The van der Waals surface area contributed by atoms with E-state index in [0.717, 1.165) is 11.1 Å². The zero-order chi connectivity index (χ0) is 14.6. The van der Waals surface area contributed by atoms with Gasteiger partial charge in [-0.15, -0.1) is 0 Å². The molecule has 2 aromatic carbocycles. The number of hydrogen-bond acceptors (Lipinski definition) is 3. The number of rotatable bonds is 5. The van der Waals surface area contributed by atoms with Crippen molar-refractivity contribution in [2.45, 2.75) is 24.4 Å². The molecule has 20 heavy (non-hydrogen) atoms. The number of sulfonamides is 1. The lowest BCUT2D eigenvalue weighted by molar-refractivity contribution is 0.581. The van der Waals surface area contributed by atoms with Crippen LogP contribution in [0.1, 0.15) is 24.1 Å². The van der Waals surface area contributed by atoms with Crippen LogP contribution in [0.4, 0.5) is 0 Å². The zero-order valence-corrected chi connectivity index (χ0v) is 12.1. The minimum Gasteiger partial charge on any atom is -0.324 e. The van der Waals surface area contributed by atoms with E-state index in [2.05, 4.69) is 4.72 Å². The summed E-state index contributed by atoms with van der Waals surface area (Å²) >= 11 is 0. The van der Waals surface area contributed by atoms with Crippen LogP contribution in [-0.4, -0.2) is 8.42 Å². The van der Waals surface area contributed by atoms with E-state index in [9.17, 15) is 8.42 Å². The molecule has 3 N–H and O–H groups in total. The molecule has 1 atom stereocenters. The van der Waals surface area contributed by atoms with Gasteiger partial charge in [-0.1, -0.05) is 42.5 Å². The molecule has 0 aliphatic rings. The van der Waals surface area contributed by atoms with Gasteiger partial charge in [0, 0.05) is 12.6 Å². The Balaban J connectivity index is 2.10. The van der Waals surface area contributed by atoms with E-state index in [1.807, 2.05) is 37.3 Å². The molecule has 0 aliphatic heterocycles. The highest BCUT2D eigenvalue weighted by Gasteiger charge is 2.13. The van der Waals surface area contributed by atoms with Gasteiger partial charge in [0.15, 0.2) is 0 Å². The Morgan fingerprint density at radius 1 is 1.05 bits per heavy atom. The van der Waals surface area contributed by atoms with E-state index in [0.29, 0.717) is 0 Å². The lowest BCUT2D eigenvalue weighted by atomic mass is 10.1. The van der Waals surface area contributed by atoms with Gasteiger partial charge in [-0.05, 0) is 30.2 Å². The molecule has 0 amide bonds. The highest BCUT2D eigenvalue weighted by Crippen LogP contribution is 2.14. The lowest BCUT2D eigenvalue weighted by Crippen LogP contribution is -2.23. The standard InChI is InChI=1S/C15H18N2O2S/c1-12(16)14-7-9-15(10-8-14)20(18,19)17-11-13-5-3-2-4-6-13/h2-10,12,17H,11,16H2,1H3. The van der Waals surface area contributed by atoms with Crippen molar-refractivity contribution in [2.75, 3.05) is 0 Å². The maximum atomic E-state index is 12.1. The molecule has 106 valence electrons. The minimum absolute atomic E-state index is 0.107. The molecule has 2 aromatic rings. The molecule has 0 saturated carbocycles. The van der Waals surface area contributed by atoms with Gasteiger partial charge >= 0.3 is 0 Å². The topological polar surface area (TPSA) is 72.2 Å². The molecular formula is C15H18N2O2S. The maximum absolute atomic E-state index is 12.1.